The highest BCUT2D eigenvalue weighted by Crippen LogP contribution is 2.38. The van der Waals surface area contributed by atoms with E-state index in [0.29, 0.717) is 41.9 Å². The van der Waals surface area contributed by atoms with Gasteiger partial charge in [0, 0.05) is 24.7 Å². The van der Waals surface area contributed by atoms with Crippen LogP contribution in [0.3, 0.4) is 0 Å². The number of methoxy groups -OCH3 is 3. The Balaban J connectivity index is 1.86. The maximum Gasteiger partial charge on any atom is 0.254 e. The van der Waals surface area contributed by atoms with Crippen molar-refractivity contribution in [1.29, 1.82) is 0 Å². The molecule has 0 aliphatic carbocycles. The second kappa shape index (κ2) is 11.6. The number of rotatable bonds is 10. The number of amides is 1. The van der Waals surface area contributed by atoms with Crippen molar-refractivity contribution in [2.24, 2.45) is 0 Å². The molecule has 0 saturated carbocycles. The molecule has 2 aromatic rings. The first-order valence-corrected chi connectivity index (χ1v) is 11.1. The van der Waals surface area contributed by atoms with Crippen molar-refractivity contribution in [1.82, 2.24) is 10.2 Å². The molecule has 32 heavy (non-hydrogen) atoms. The summed E-state index contributed by atoms with van der Waals surface area (Å²) in [4.78, 5) is 15.5. The molecule has 6 nitrogen and oxygen atoms in total. The van der Waals surface area contributed by atoms with Crippen molar-refractivity contribution in [2.45, 2.75) is 32.2 Å². The highest BCUT2D eigenvalue weighted by atomic mass is 16.5. The van der Waals surface area contributed by atoms with Crippen molar-refractivity contribution in [3.05, 3.63) is 59.2 Å². The van der Waals surface area contributed by atoms with Gasteiger partial charge in [0.05, 0.1) is 21.3 Å². The van der Waals surface area contributed by atoms with E-state index in [1.54, 1.807) is 33.5 Å². The second-order valence-electron chi connectivity index (χ2n) is 8.12. The maximum absolute atomic E-state index is 13.6. The molecule has 1 aliphatic rings. The number of carbonyl (C=O) groups is 1. The largest absolute Gasteiger partial charge is 0.493 e. The van der Waals surface area contributed by atoms with Gasteiger partial charge in [-0.2, -0.15) is 0 Å². The van der Waals surface area contributed by atoms with Gasteiger partial charge >= 0.3 is 0 Å². The van der Waals surface area contributed by atoms with Gasteiger partial charge in [0.25, 0.3) is 5.91 Å². The number of nitrogens with zero attached hydrogens (tertiary/aromatic N) is 1. The second-order valence-corrected chi connectivity index (χ2v) is 8.12. The Morgan fingerprint density at radius 1 is 1.09 bits per heavy atom. The first kappa shape index (κ1) is 23.7. The van der Waals surface area contributed by atoms with Crippen LogP contribution in [0.25, 0.3) is 6.08 Å². The first-order valence-electron chi connectivity index (χ1n) is 11.1. The Morgan fingerprint density at radius 2 is 1.78 bits per heavy atom. The van der Waals surface area contributed by atoms with Gasteiger partial charge in [-0.1, -0.05) is 42.0 Å². The van der Waals surface area contributed by atoms with Crippen LogP contribution in [-0.2, 0) is 0 Å². The van der Waals surface area contributed by atoms with E-state index in [1.165, 1.54) is 6.42 Å². The van der Waals surface area contributed by atoms with E-state index in [9.17, 15) is 4.79 Å². The van der Waals surface area contributed by atoms with Gasteiger partial charge in [-0.3, -0.25) is 4.79 Å². The minimum atomic E-state index is -0.0527. The Labute approximate surface area is 191 Å². The lowest BCUT2D eigenvalue weighted by atomic mass is 10.1. The van der Waals surface area contributed by atoms with Crippen molar-refractivity contribution in [3.8, 4) is 17.2 Å². The van der Waals surface area contributed by atoms with Crippen LogP contribution in [0.5, 0.6) is 17.2 Å². The zero-order chi connectivity index (χ0) is 22.9. The van der Waals surface area contributed by atoms with Crippen LogP contribution in [-0.4, -0.2) is 57.8 Å². The van der Waals surface area contributed by atoms with Gasteiger partial charge in [-0.05, 0) is 50.4 Å². The molecule has 1 fully saturated rings. The Kier molecular flexibility index (Phi) is 8.56. The predicted molar refractivity (Wildman–Crippen MR) is 128 cm³/mol. The molecule has 1 aliphatic heterocycles. The SMILES string of the molecule is COc1cc(C(=O)N(CCC2CCCN2)C/C(C)=C/c2ccccc2)cc(OC)c1OC. The summed E-state index contributed by atoms with van der Waals surface area (Å²) in [7, 11) is 4.67. The van der Waals surface area contributed by atoms with E-state index < -0.39 is 0 Å². The molecule has 6 heteroatoms. The lowest BCUT2D eigenvalue weighted by molar-refractivity contribution is 0.0764. The average Bonchev–Trinajstić information content (AvgIpc) is 3.34. The number of carbonyl (C=O) groups excluding carboxylic acids is 1. The van der Waals surface area contributed by atoms with Crippen molar-refractivity contribution < 1.29 is 19.0 Å². The molecule has 1 heterocycles. The average molecular weight is 439 g/mol. The summed E-state index contributed by atoms with van der Waals surface area (Å²) in [5.41, 5.74) is 2.77. The monoisotopic (exact) mass is 438 g/mol. The normalized spacial score (nSPS) is 16.0. The fourth-order valence-corrected chi connectivity index (χ4v) is 4.13. The van der Waals surface area contributed by atoms with Gasteiger partial charge < -0.3 is 24.4 Å². The smallest absolute Gasteiger partial charge is 0.254 e. The van der Waals surface area contributed by atoms with Crippen LogP contribution in [0.2, 0.25) is 0 Å². The van der Waals surface area contributed by atoms with Crippen LogP contribution in [0.1, 0.15) is 42.1 Å². The minimum Gasteiger partial charge on any atom is -0.493 e. The van der Waals surface area contributed by atoms with E-state index in [0.717, 1.165) is 30.5 Å². The number of nitrogens with one attached hydrogen (secondary N) is 1. The molecule has 172 valence electrons. The third kappa shape index (κ3) is 6.04. The van der Waals surface area contributed by atoms with E-state index >= 15 is 0 Å². The lowest BCUT2D eigenvalue weighted by Gasteiger charge is -2.25. The van der Waals surface area contributed by atoms with Crippen LogP contribution < -0.4 is 19.5 Å². The molecule has 0 bridgehead atoms. The molecule has 1 saturated heterocycles. The molecule has 2 aromatic carbocycles. The van der Waals surface area contributed by atoms with Crippen LogP contribution in [0, 0.1) is 0 Å². The summed E-state index contributed by atoms with van der Waals surface area (Å²) in [6.45, 7) is 4.35. The summed E-state index contributed by atoms with van der Waals surface area (Å²) in [6.07, 6.45) is 5.40. The zero-order valence-corrected chi connectivity index (χ0v) is 19.5. The summed E-state index contributed by atoms with van der Waals surface area (Å²) in [5.74, 6) is 1.38. The van der Waals surface area contributed by atoms with Gasteiger partial charge in [0.1, 0.15) is 0 Å². The fraction of sp³-hybridized carbons (Fsp3) is 0.423. The van der Waals surface area contributed by atoms with Crippen molar-refractivity contribution in [3.63, 3.8) is 0 Å². The van der Waals surface area contributed by atoms with Crippen LogP contribution >= 0.6 is 0 Å². The van der Waals surface area contributed by atoms with Gasteiger partial charge in [0.2, 0.25) is 5.75 Å². The van der Waals surface area contributed by atoms with Crippen molar-refractivity contribution >= 4 is 12.0 Å². The molecular formula is C26H34N2O4. The maximum atomic E-state index is 13.6. The standard InChI is InChI=1S/C26H34N2O4/c1-19(15-20-9-6-5-7-10-20)18-28(14-12-22-11-8-13-27-22)26(29)21-16-23(30-2)25(32-4)24(17-21)31-3/h5-7,9-10,15-17,22,27H,8,11-14,18H2,1-4H3/b19-15+. The molecular weight excluding hydrogens is 404 g/mol. The molecule has 1 N–H and O–H groups in total. The zero-order valence-electron chi connectivity index (χ0n) is 19.5. The molecule has 0 radical (unpaired) electrons. The fourth-order valence-electron chi connectivity index (χ4n) is 4.13. The highest BCUT2D eigenvalue weighted by Gasteiger charge is 2.23. The molecule has 1 amide bonds. The summed E-state index contributed by atoms with van der Waals surface area (Å²) in [6, 6.07) is 14.1. The Bertz CT molecular complexity index is 896. The van der Waals surface area contributed by atoms with Crippen LogP contribution in [0.4, 0.5) is 0 Å². The lowest BCUT2D eigenvalue weighted by Crippen LogP contribution is -2.36. The summed E-state index contributed by atoms with van der Waals surface area (Å²) < 4.78 is 16.3. The molecule has 3 rings (SSSR count). The Hall–Kier alpha value is -2.99. The topological polar surface area (TPSA) is 60.0 Å². The van der Waals surface area contributed by atoms with E-state index in [2.05, 4.69) is 30.4 Å². The number of hydrogen-bond donors (Lipinski definition) is 1. The summed E-state index contributed by atoms with van der Waals surface area (Å²) >= 11 is 0. The quantitative estimate of drug-likeness (QED) is 0.596. The first-order chi connectivity index (χ1) is 15.5. The third-order valence-electron chi connectivity index (χ3n) is 5.76. The van der Waals surface area contributed by atoms with E-state index in [1.807, 2.05) is 23.1 Å². The predicted octanol–water partition coefficient (Wildman–Crippen LogP) is 4.40. The van der Waals surface area contributed by atoms with Gasteiger partial charge in [-0.15, -0.1) is 0 Å². The van der Waals surface area contributed by atoms with Gasteiger partial charge in [0.15, 0.2) is 11.5 Å². The third-order valence-corrected chi connectivity index (χ3v) is 5.76. The molecule has 1 atom stereocenters. The molecule has 0 spiro atoms. The Morgan fingerprint density at radius 3 is 2.34 bits per heavy atom. The number of benzene rings is 2. The number of ether oxygens (including phenoxy) is 3. The molecule has 0 aromatic heterocycles. The van der Waals surface area contributed by atoms with Gasteiger partial charge in [-0.25, -0.2) is 0 Å². The van der Waals surface area contributed by atoms with E-state index in [4.69, 9.17) is 14.2 Å². The van der Waals surface area contributed by atoms with Crippen molar-refractivity contribution in [2.75, 3.05) is 41.0 Å². The number of hydrogen-bond acceptors (Lipinski definition) is 5. The minimum absolute atomic E-state index is 0.0527. The van der Waals surface area contributed by atoms with E-state index in [-0.39, 0.29) is 5.91 Å². The summed E-state index contributed by atoms with van der Waals surface area (Å²) in [5, 5.41) is 3.53. The van der Waals surface area contributed by atoms with Crippen LogP contribution in [0.15, 0.2) is 48.0 Å². The molecule has 1 unspecified atom stereocenters. The highest BCUT2D eigenvalue weighted by molar-refractivity contribution is 5.96.